The average molecular weight is 766 g/mol. The number of allylic oxidation sites excluding steroid dienone is 1. The van der Waals surface area contributed by atoms with Crippen molar-refractivity contribution in [3.8, 4) is 0 Å². The molecule has 0 aliphatic heterocycles. The highest BCUT2D eigenvalue weighted by atomic mass is 32.1. The molecule has 0 bridgehead atoms. The molecule has 0 saturated carbocycles. The van der Waals surface area contributed by atoms with Crippen molar-refractivity contribution in [3.05, 3.63) is 33.3 Å². The van der Waals surface area contributed by atoms with Gasteiger partial charge in [-0.05, 0) is 107 Å². The molecule has 1 rings (SSSR count). The largest absolute Gasteiger partial charge is 0.481 e. The molecule has 0 aliphatic carbocycles. The van der Waals surface area contributed by atoms with E-state index in [1.165, 1.54) is 5.57 Å². The second-order valence-corrected chi connectivity index (χ2v) is 29.2. The van der Waals surface area contributed by atoms with Crippen molar-refractivity contribution in [2.75, 3.05) is 0 Å². The first-order valence-corrected chi connectivity index (χ1v) is 25.8. The first-order valence-electron chi connectivity index (χ1n) is 19.1. The van der Waals surface area contributed by atoms with Gasteiger partial charge in [-0.1, -0.05) is 87.3 Å². The Morgan fingerprint density at radius 1 is 0.961 bits per heavy atom. The van der Waals surface area contributed by atoms with E-state index in [-0.39, 0.29) is 40.2 Å². The molecule has 1 heterocycles. The van der Waals surface area contributed by atoms with Crippen molar-refractivity contribution in [1.29, 1.82) is 0 Å². The highest BCUT2D eigenvalue weighted by Crippen LogP contribution is 2.45. The number of aryl methyl sites for hydroxylation is 1. The SMILES string of the molecule is CCC[C@@H](C(=O)C(C)(C)[C@H](CC(=O)O)O[Si](C)(C)C(C)(C)C)[C@@H](O[Si](C)(C)C(C)(C)C)[C@@H](C)CCCC(C)=CC[C@H](O)/C(C)=C/c1csc(C)n1. The maximum Gasteiger partial charge on any atom is 0.305 e. The fraction of sp³-hybridized carbons (Fsp3) is 0.780. The summed E-state index contributed by atoms with van der Waals surface area (Å²) in [5, 5.41) is 23.6. The van der Waals surface area contributed by atoms with Crippen LogP contribution in [0.1, 0.15) is 139 Å². The Hall–Kier alpha value is -1.44. The molecule has 5 atom stereocenters. The number of hydrogen-bond acceptors (Lipinski definition) is 7. The summed E-state index contributed by atoms with van der Waals surface area (Å²) >= 11 is 1.61. The maximum atomic E-state index is 14.9. The number of nitrogens with zero attached hydrogens (tertiary/aromatic N) is 1. The average Bonchev–Trinajstić information content (AvgIpc) is 3.39. The molecule has 7 nitrogen and oxygen atoms in total. The zero-order valence-electron chi connectivity index (χ0n) is 35.5. The second-order valence-electron chi connectivity index (χ2n) is 18.6. The number of Topliss-reactive ketones (excluding diaryl/α,β-unsaturated/α-hetero) is 1. The van der Waals surface area contributed by atoms with Crippen LogP contribution >= 0.6 is 11.3 Å². The number of aliphatic hydroxyl groups excluding tert-OH is 1. The number of carboxylic acid groups (broad SMARTS) is 1. The zero-order valence-corrected chi connectivity index (χ0v) is 38.3. The van der Waals surface area contributed by atoms with E-state index in [1.807, 2.05) is 39.2 Å². The molecule has 0 unspecified atom stereocenters. The normalized spacial score (nSPS) is 17.2. The Morgan fingerprint density at radius 2 is 1.51 bits per heavy atom. The first-order chi connectivity index (χ1) is 23.1. The molecule has 294 valence electrons. The summed E-state index contributed by atoms with van der Waals surface area (Å²) in [6.07, 6.45) is 7.09. The Bertz CT molecular complexity index is 1330. The van der Waals surface area contributed by atoms with Crippen LogP contribution in [0.15, 0.2) is 22.6 Å². The number of aliphatic carboxylic acids is 1. The molecule has 0 radical (unpaired) electrons. The number of carbonyl (C=O) groups excluding carboxylic acids is 1. The van der Waals surface area contributed by atoms with Crippen LogP contribution in [-0.4, -0.2) is 61.9 Å². The van der Waals surface area contributed by atoms with Gasteiger partial charge in [-0.3, -0.25) is 9.59 Å². The molecule has 0 spiro atoms. The minimum Gasteiger partial charge on any atom is -0.481 e. The molecule has 1 aromatic heterocycles. The van der Waals surface area contributed by atoms with E-state index >= 15 is 0 Å². The van der Waals surface area contributed by atoms with Crippen molar-refractivity contribution in [3.63, 3.8) is 0 Å². The van der Waals surface area contributed by atoms with Gasteiger partial charge in [0.1, 0.15) is 5.78 Å². The highest BCUT2D eigenvalue weighted by molar-refractivity contribution is 7.09. The smallest absolute Gasteiger partial charge is 0.305 e. The Labute approximate surface area is 318 Å². The van der Waals surface area contributed by atoms with E-state index in [4.69, 9.17) is 8.85 Å². The van der Waals surface area contributed by atoms with E-state index in [0.717, 1.165) is 42.0 Å². The third-order valence-electron chi connectivity index (χ3n) is 11.6. The molecular formula is C41H75NO6SSi2. The number of rotatable bonds is 21. The third-order valence-corrected chi connectivity index (χ3v) is 21.4. The number of hydrogen-bond donors (Lipinski definition) is 2. The summed E-state index contributed by atoms with van der Waals surface area (Å²) in [4.78, 5) is 31.6. The van der Waals surface area contributed by atoms with E-state index in [0.29, 0.717) is 12.8 Å². The number of aromatic nitrogens is 1. The van der Waals surface area contributed by atoms with Crippen molar-refractivity contribution >= 4 is 45.8 Å². The van der Waals surface area contributed by atoms with Gasteiger partial charge in [-0.25, -0.2) is 4.98 Å². The lowest BCUT2D eigenvalue weighted by Crippen LogP contribution is -2.55. The minimum absolute atomic E-state index is 0.0390. The molecule has 51 heavy (non-hydrogen) atoms. The van der Waals surface area contributed by atoms with Gasteiger partial charge >= 0.3 is 5.97 Å². The first kappa shape index (κ1) is 47.6. The Morgan fingerprint density at radius 3 is 1.98 bits per heavy atom. The summed E-state index contributed by atoms with van der Waals surface area (Å²) in [5.74, 6) is -1.17. The lowest BCUT2D eigenvalue weighted by atomic mass is 9.71. The fourth-order valence-corrected chi connectivity index (χ4v) is 9.33. The molecular weight excluding hydrogens is 691 g/mol. The molecule has 0 fully saturated rings. The van der Waals surface area contributed by atoms with Crippen molar-refractivity contribution < 1.29 is 28.7 Å². The van der Waals surface area contributed by atoms with Crippen LogP contribution in [0.2, 0.25) is 36.3 Å². The minimum atomic E-state index is -2.39. The molecule has 0 aromatic carbocycles. The Balaban J connectivity index is 3.34. The quantitative estimate of drug-likeness (QED) is 0.0948. The topological polar surface area (TPSA) is 106 Å². The van der Waals surface area contributed by atoms with E-state index in [2.05, 4.69) is 99.6 Å². The van der Waals surface area contributed by atoms with E-state index in [9.17, 15) is 19.8 Å². The van der Waals surface area contributed by atoms with Crippen LogP contribution in [0.4, 0.5) is 0 Å². The van der Waals surface area contributed by atoms with Crippen LogP contribution in [0.25, 0.3) is 6.08 Å². The summed E-state index contributed by atoms with van der Waals surface area (Å²) in [6, 6.07) is 0. The standard InChI is InChI=1S/C41H75NO6SSi2/c1-18-20-33(38(46)41(12,13)35(26-36(44)45)47-50(14,15)39(6,7)8)37(48-51(16,17)40(9,10)11)29(3)22-19-21-28(2)23-24-34(43)30(4)25-32-27-49-31(5)42-32/h23,25,27,29,33-35,37,43H,18-22,24,26H2,1-17H3,(H,44,45)/b28-23?,30-25+/t29-,33+,34-,35-,37-/m0/s1. The van der Waals surface area contributed by atoms with Gasteiger partial charge in [-0.15, -0.1) is 11.3 Å². The van der Waals surface area contributed by atoms with Crippen LogP contribution in [0, 0.1) is 24.2 Å². The van der Waals surface area contributed by atoms with E-state index < -0.39 is 40.2 Å². The molecule has 1 aromatic rings. The van der Waals surface area contributed by atoms with Gasteiger partial charge in [-0.2, -0.15) is 0 Å². The summed E-state index contributed by atoms with van der Waals surface area (Å²) in [7, 11) is -4.68. The second kappa shape index (κ2) is 19.2. The molecule has 0 amide bonds. The van der Waals surface area contributed by atoms with Gasteiger partial charge in [0, 0.05) is 16.7 Å². The number of aliphatic hydroxyl groups is 1. The van der Waals surface area contributed by atoms with Crippen LogP contribution < -0.4 is 0 Å². The van der Waals surface area contributed by atoms with Gasteiger partial charge in [0.05, 0.1) is 35.4 Å². The van der Waals surface area contributed by atoms with Crippen molar-refractivity contribution in [2.24, 2.45) is 17.3 Å². The molecule has 10 heteroatoms. The number of carboxylic acids is 1. The van der Waals surface area contributed by atoms with Gasteiger partial charge < -0.3 is 19.1 Å². The summed E-state index contributed by atoms with van der Waals surface area (Å²) in [5.41, 5.74) is 2.01. The van der Waals surface area contributed by atoms with Crippen molar-refractivity contribution in [2.45, 2.75) is 190 Å². The number of ketones is 1. The molecule has 2 N–H and O–H groups in total. The number of carbonyl (C=O) groups is 2. The van der Waals surface area contributed by atoms with Gasteiger partial charge in [0.15, 0.2) is 16.6 Å². The van der Waals surface area contributed by atoms with Gasteiger partial charge in [0.2, 0.25) is 0 Å². The Kier molecular flexibility index (Phi) is 18.0. The monoisotopic (exact) mass is 765 g/mol. The highest BCUT2D eigenvalue weighted by Gasteiger charge is 2.50. The lowest BCUT2D eigenvalue weighted by molar-refractivity contribution is -0.147. The van der Waals surface area contributed by atoms with Crippen LogP contribution in [-0.2, 0) is 18.4 Å². The van der Waals surface area contributed by atoms with E-state index in [1.54, 1.807) is 11.3 Å². The molecule has 0 aliphatic rings. The van der Waals surface area contributed by atoms with Gasteiger partial charge in [0.25, 0.3) is 0 Å². The fourth-order valence-electron chi connectivity index (χ4n) is 5.88. The zero-order chi connectivity index (χ0) is 39.8. The third kappa shape index (κ3) is 14.4. The van der Waals surface area contributed by atoms with Crippen molar-refractivity contribution in [1.82, 2.24) is 4.98 Å². The maximum absolute atomic E-state index is 14.9. The lowest BCUT2D eigenvalue weighted by Gasteiger charge is -2.47. The molecule has 0 saturated heterocycles. The summed E-state index contributed by atoms with van der Waals surface area (Å²) < 4.78 is 14.0. The van der Waals surface area contributed by atoms with Crippen LogP contribution in [0.3, 0.4) is 0 Å². The number of thiazole rings is 1. The van der Waals surface area contributed by atoms with Crippen LogP contribution in [0.5, 0.6) is 0 Å². The predicted molar refractivity (Wildman–Crippen MR) is 221 cm³/mol. The predicted octanol–water partition coefficient (Wildman–Crippen LogP) is 11.6. The summed E-state index contributed by atoms with van der Waals surface area (Å²) in [6.45, 7) is 36.0.